The largest absolute Gasteiger partial charge is 0.494 e. The van der Waals surface area contributed by atoms with Gasteiger partial charge in [0.1, 0.15) is 12.4 Å². The molecular weight excluding hydrogens is 408 g/mol. The SMILES string of the molecule is C=C(OCC)/C(C)=C\C=C\CN1CCC2(CC1)CN(c1ccc(C(=O)O)cc1)C(=O)CO2. The zero-order valence-corrected chi connectivity index (χ0v) is 18.9. The average Bonchev–Trinajstić information content (AvgIpc) is 2.80. The monoisotopic (exact) mass is 440 g/mol. The Labute approximate surface area is 189 Å². The summed E-state index contributed by atoms with van der Waals surface area (Å²) in [6, 6.07) is 6.44. The van der Waals surface area contributed by atoms with Crippen LogP contribution in [0.3, 0.4) is 0 Å². The Hall–Kier alpha value is -2.90. The van der Waals surface area contributed by atoms with Crippen molar-refractivity contribution in [3.05, 3.63) is 66.0 Å². The number of carboxylic acid groups (broad SMARTS) is 1. The number of rotatable bonds is 8. The Bertz CT molecular complexity index is 895. The number of morpholine rings is 1. The molecule has 7 heteroatoms. The fourth-order valence-electron chi connectivity index (χ4n) is 3.98. The second-order valence-corrected chi connectivity index (χ2v) is 8.24. The fraction of sp³-hybridized carbons (Fsp3) is 0.440. The van der Waals surface area contributed by atoms with E-state index >= 15 is 0 Å². The lowest BCUT2D eigenvalue weighted by atomic mass is 9.89. The van der Waals surface area contributed by atoms with E-state index < -0.39 is 5.97 Å². The number of carboxylic acids is 1. The van der Waals surface area contributed by atoms with Crippen molar-refractivity contribution in [3.8, 4) is 0 Å². The molecule has 2 saturated heterocycles. The van der Waals surface area contributed by atoms with Gasteiger partial charge in [-0.2, -0.15) is 0 Å². The first-order chi connectivity index (χ1) is 15.3. The van der Waals surface area contributed by atoms with Gasteiger partial charge in [0.2, 0.25) is 0 Å². The Balaban J connectivity index is 1.54. The maximum Gasteiger partial charge on any atom is 0.335 e. The second-order valence-electron chi connectivity index (χ2n) is 8.24. The first-order valence-corrected chi connectivity index (χ1v) is 11.0. The number of aromatic carboxylic acids is 1. The molecule has 0 bridgehead atoms. The van der Waals surface area contributed by atoms with Crippen molar-refractivity contribution in [2.75, 3.05) is 44.3 Å². The van der Waals surface area contributed by atoms with Gasteiger partial charge in [0.15, 0.2) is 0 Å². The van der Waals surface area contributed by atoms with E-state index in [1.54, 1.807) is 17.0 Å². The van der Waals surface area contributed by atoms with Crippen LogP contribution in [0.25, 0.3) is 0 Å². The van der Waals surface area contributed by atoms with Gasteiger partial charge in [-0.05, 0) is 56.5 Å². The molecule has 0 aromatic heterocycles. The van der Waals surface area contributed by atoms with Crippen LogP contribution in [0.2, 0.25) is 0 Å². The first-order valence-electron chi connectivity index (χ1n) is 11.0. The van der Waals surface area contributed by atoms with Gasteiger partial charge < -0.3 is 19.5 Å². The van der Waals surface area contributed by atoms with E-state index in [0.29, 0.717) is 24.6 Å². The van der Waals surface area contributed by atoms with E-state index in [1.807, 2.05) is 26.0 Å². The molecule has 1 N–H and O–H groups in total. The quantitative estimate of drug-likeness (QED) is 0.491. The zero-order chi connectivity index (χ0) is 23.1. The lowest BCUT2D eigenvalue weighted by Crippen LogP contribution is -2.59. The highest BCUT2D eigenvalue weighted by molar-refractivity contribution is 5.96. The van der Waals surface area contributed by atoms with Gasteiger partial charge in [-0.1, -0.05) is 24.8 Å². The zero-order valence-electron chi connectivity index (χ0n) is 18.9. The van der Waals surface area contributed by atoms with E-state index in [-0.39, 0.29) is 23.7 Å². The van der Waals surface area contributed by atoms with Crippen LogP contribution in [0.4, 0.5) is 5.69 Å². The van der Waals surface area contributed by atoms with Crippen molar-refractivity contribution in [2.45, 2.75) is 32.3 Å². The number of likely N-dealkylation sites (tertiary alicyclic amines) is 1. The number of allylic oxidation sites excluding steroid dienone is 3. The molecule has 3 rings (SSSR count). The summed E-state index contributed by atoms with van der Waals surface area (Å²) in [6.45, 7) is 11.6. The third kappa shape index (κ3) is 5.87. The molecule has 7 nitrogen and oxygen atoms in total. The molecule has 0 saturated carbocycles. The minimum absolute atomic E-state index is 0.0500. The molecule has 1 aromatic carbocycles. The van der Waals surface area contributed by atoms with Gasteiger partial charge in [-0.3, -0.25) is 9.69 Å². The Morgan fingerprint density at radius 3 is 2.59 bits per heavy atom. The smallest absolute Gasteiger partial charge is 0.335 e. The number of piperidine rings is 1. The lowest BCUT2D eigenvalue weighted by Gasteiger charge is -2.46. The molecule has 0 atom stereocenters. The Morgan fingerprint density at radius 1 is 1.28 bits per heavy atom. The van der Waals surface area contributed by atoms with Gasteiger partial charge in [-0.15, -0.1) is 0 Å². The number of carbonyl (C=O) groups is 2. The van der Waals surface area contributed by atoms with Gasteiger partial charge in [0.25, 0.3) is 5.91 Å². The number of hydrogen-bond donors (Lipinski definition) is 1. The molecule has 0 unspecified atom stereocenters. The van der Waals surface area contributed by atoms with Crippen LogP contribution in [0.15, 0.2) is 60.4 Å². The summed E-state index contributed by atoms with van der Waals surface area (Å²) in [5.41, 5.74) is 1.57. The standard InChI is InChI=1S/C25H32N2O5/c1-4-31-20(3)19(2)7-5-6-14-26-15-12-25(13-16-26)18-27(23(28)17-32-25)22-10-8-21(9-11-22)24(29)30/h5-11H,3-4,12-18H2,1-2H3,(H,29,30)/b6-5+,19-7-. The summed E-state index contributed by atoms with van der Waals surface area (Å²) >= 11 is 0. The molecule has 2 fully saturated rings. The van der Waals surface area contributed by atoms with Crippen molar-refractivity contribution in [1.29, 1.82) is 0 Å². The van der Waals surface area contributed by atoms with Crippen molar-refractivity contribution >= 4 is 17.6 Å². The number of amides is 1. The number of hydrogen-bond acceptors (Lipinski definition) is 5. The molecule has 2 aliphatic heterocycles. The van der Waals surface area contributed by atoms with Crippen LogP contribution in [0.5, 0.6) is 0 Å². The molecule has 0 radical (unpaired) electrons. The summed E-state index contributed by atoms with van der Waals surface area (Å²) in [6.07, 6.45) is 7.85. The number of ether oxygens (including phenoxy) is 2. The van der Waals surface area contributed by atoms with Crippen LogP contribution in [0.1, 0.15) is 37.0 Å². The normalized spacial score (nSPS) is 19.5. The van der Waals surface area contributed by atoms with Crippen molar-refractivity contribution in [1.82, 2.24) is 4.90 Å². The van der Waals surface area contributed by atoms with Crippen LogP contribution in [0, 0.1) is 0 Å². The van der Waals surface area contributed by atoms with E-state index in [2.05, 4.69) is 17.6 Å². The minimum Gasteiger partial charge on any atom is -0.494 e. The summed E-state index contributed by atoms with van der Waals surface area (Å²) in [5.74, 6) is -0.379. The predicted molar refractivity (Wildman–Crippen MR) is 124 cm³/mol. The molecule has 1 aromatic rings. The fourth-order valence-corrected chi connectivity index (χ4v) is 3.98. The third-order valence-electron chi connectivity index (χ3n) is 6.05. The van der Waals surface area contributed by atoms with Crippen molar-refractivity contribution in [2.24, 2.45) is 0 Å². The van der Waals surface area contributed by atoms with E-state index in [9.17, 15) is 9.59 Å². The Kier molecular flexibility index (Phi) is 7.88. The van der Waals surface area contributed by atoms with Crippen LogP contribution < -0.4 is 4.90 Å². The maximum atomic E-state index is 12.5. The molecule has 1 spiro atoms. The lowest BCUT2D eigenvalue weighted by molar-refractivity contribution is -0.144. The number of anilines is 1. The molecule has 2 heterocycles. The Morgan fingerprint density at radius 2 is 1.97 bits per heavy atom. The highest BCUT2D eigenvalue weighted by Crippen LogP contribution is 2.32. The van der Waals surface area contributed by atoms with Gasteiger partial charge in [0.05, 0.1) is 24.3 Å². The number of benzene rings is 1. The summed E-state index contributed by atoms with van der Waals surface area (Å²) in [4.78, 5) is 27.6. The van der Waals surface area contributed by atoms with Gasteiger partial charge >= 0.3 is 5.97 Å². The van der Waals surface area contributed by atoms with Gasteiger partial charge in [-0.25, -0.2) is 4.79 Å². The molecule has 172 valence electrons. The van der Waals surface area contributed by atoms with E-state index in [0.717, 1.165) is 38.0 Å². The minimum atomic E-state index is -0.979. The van der Waals surface area contributed by atoms with Crippen molar-refractivity contribution < 1.29 is 24.2 Å². The van der Waals surface area contributed by atoms with Gasteiger partial charge in [0, 0.05) is 25.3 Å². The first kappa shape index (κ1) is 23.8. The molecular formula is C25H32N2O5. The van der Waals surface area contributed by atoms with Crippen molar-refractivity contribution in [3.63, 3.8) is 0 Å². The van der Waals surface area contributed by atoms with Crippen LogP contribution in [-0.4, -0.2) is 66.9 Å². The second kappa shape index (κ2) is 10.6. The van der Waals surface area contributed by atoms with E-state index in [1.165, 1.54) is 12.1 Å². The molecule has 2 aliphatic rings. The van der Waals surface area contributed by atoms with Crippen LogP contribution in [-0.2, 0) is 14.3 Å². The number of nitrogens with zero attached hydrogens (tertiary/aromatic N) is 2. The molecule has 1 amide bonds. The molecule has 32 heavy (non-hydrogen) atoms. The maximum absolute atomic E-state index is 12.5. The highest BCUT2D eigenvalue weighted by atomic mass is 16.5. The topological polar surface area (TPSA) is 79.3 Å². The average molecular weight is 441 g/mol. The number of carbonyl (C=O) groups excluding carboxylic acids is 1. The summed E-state index contributed by atoms with van der Waals surface area (Å²) in [7, 11) is 0. The third-order valence-corrected chi connectivity index (χ3v) is 6.05. The predicted octanol–water partition coefficient (Wildman–Crippen LogP) is 3.64. The highest BCUT2D eigenvalue weighted by Gasteiger charge is 2.42. The van der Waals surface area contributed by atoms with Crippen LogP contribution >= 0.6 is 0 Å². The van der Waals surface area contributed by atoms with E-state index in [4.69, 9.17) is 14.6 Å². The molecule has 0 aliphatic carbocycles. The summed E-state index contributed by atoms with van der Waals surface area (Å²) in [5, 5.41) is 9.09. The summed E-state index contributed by atoms with van der Waals surface area (Å²) < 4.78 is 11.4.